The van der Waals surface area contributed by atoms with Gasteiger partial charge in [-0.2, -0.15) is 0 Å². The summed E-state index contributed by atoms with van der Waals surface area (Å²) < 4.78 is 23.3. The normalized spacial score (nSPS) is 14.4. The van der Waals surface area contributed by atoms with E-state index in [1.54, 1.807) is 6.08 Å². The summed E-state index contributed by atoms with van der Waals surface area (Å²) in [5.74, 6) is -0.224. The van der Waals surface area contributed by atoms with Crippen LogP contribution in [0, 0.1) is 0 Å². The van der Waals surface area contributed by atoms with Crippen molar-refractivity contribution in [3.63, 3.8) is 0 Å². The lowest BCUT2D eigenvalue weighted by atomic mass is 10.0. The molecule has 0 fully saturated rings. The van der Waals surface area contributed by atoms with Crippen molar-refractivity contribution in [2.24, 2.45) is 0 Å². The minimum Gasteiger partial charge on any atom is -0.756 e. The van der Waals surface area contributed by atoms with E-state index in [0.717, 1.165) is 70.6 Å². The topological polar surface area (TPSA) is 108 Å². The summed E-state index contributed by atoms with van der Waals surface area (Å²) in [6.45, 7) is 4.61. The molecule has 0 heterocycles. The summed E-state index contributed by atoms with van der Waals surface area (Å²) in [5, 5.41) is 13.9. The van der Waals surface area contributed by atoms with Crippen molar-refractivity contribution in [1.29, 1.82) is 0 Å². The molecule has 3 unspecified atom stereocenters. The first-order valence-electron chi connectivity index (χ1n) is 29.8. The molecule has 0 radical (unpaired) electrons. The number of carbonyl (C=O) groups is 1. The zero-order valence-corrected chi connectivity index (χ0v) is 48.1. The largest absolute Gasteiger partial charge is 0.756 e. The number of phosphoric acid groups is 1. The predicted molar refractivity (Wildman–Crippen MR) is 307 cm³/mol. The van der Waals surface area contributed by atoms with E-state index in [1.807, 2.05) is 27.2 Å². The summed E-state index contributed by atoms with van der Waals surface area (Å²) in [6.07, 6.45) is 72.8. The number of amides is 1. The van der Waals surface area contributed by atoms with Crippen LogP contribution in [0.25, 0.3) is 0 Å². The van der Waals surface area contributed by atoms with Crippen LogP contribution in [0.1, 0.15) is 264 Å². The van der Waals surface area contributed by atoms with Crippen molar-refractivity contribution >= 4 is 13.7 Å². The number of allylic oxidation sites excluding steroid dienone is 11. The van der Waals surface area contributed by atoms with Crippen LogP contribution in [0.5, 0.6) is 0 Å². The van der Waals surface area contributed by atoms with E-state index >= 15 is 0 Å². The van der Waals surface area contributed by atoms with Crippen LogP contribution < -0.4 is 10.2 Å². The van der Waals surface area contributed by atoms with E-state index in [0.29, 0.717) is 17.4 Å². The second-order valence-corrected chi connectivity index (χ2v) is 22.7. The Bertz CT molecular complexity index is 1380. The molecule has 0 aromatic rings. The van der Waals surface area contributed by atoms with Crippen LogP contribution in [-0.2, 0) is 18.4 Å². The Balaban J connectivity index is 4.30. The Morgan fingerprint density at radius 2 is 0.831 bits per heavy atom. The lowest BCUT2D eigenvalue weighted by molar-refractivity contribution is -0.870. The number of nitrogens with zero attached hydrogens (tertiary/aromatic N) is 1. The molecular formula is C62H115N2O6P. The summed E-state index contributed by atoms with van der Waals surface area (Å²) in [4.78, 5) is 25.5. The van der Waals surface area contributed by atoms with Gasteiger partial charge in [0.1, 0.15) is 13.2 Å². The van der Waals surface area contributed by atoms with Crippen molar-refractivity contribution in [3.05, 3.63) is 72.9 Å². The van der Waals surface area contributed by atoms with Crippen LogP contribution >= 0.6 is 7.82 Å². The van der Waals surface area contributed by atoms with Gasteiger partial charge in [0, 0.05) is 6.42 Å². The van der Waals surface area contributed by atoms with Crippen molar-refractivity contribution in [3.8, 4) is 0 Å². The maximum Gasteiger partial charge on any atom is 0.268 e. The predicted octanol–water partition coefficient (Wildman–Crippen LogP) is 17.6. The van der Waals surface area contributed by atoms with Gasteiger partial charge >= 0.3 is 0 Å². The van der Waals surface area contributed by atoms with E-state index in [-0.39, 0.29) is 12.5 Å². The van der Waals surface area contributed by atoms with Gasteiger partial charge in [-0.25, -0.2) is 0 Å². The first kappa shape index (κ1) is 68.9. The molecule has 0 bridgehead atoms. The van der Waals surface area contributed by atoms with Gasteiger partial charge in [0.05, 0.1) is 39.9 Å². The first-order valence-corrected chi connectivity index (χ1v) is 31.3. The molecule has 414 valence electrons. The molecule has 3 atom stereocenters. The van der Waals surface area contributed by atoms with E-state index < -0.39 is 26.6 Å². The van der Waals surface area contributed by atoms with Crippen molar-refractivity contribution in [1.82, 2.24) is 5.32 Å². The summed E-state index contributed by atoms with van der Waals surface area (Å²) in [5.41, 5.74) is 0. The SMILES string of the molecule is CCCCCCC/C=C\C/C=C\C/C=C\CCCCCCCCC(=O)NC(COP(=O)([O-])OCC[N+](C)(C)C)C(O)/C=C/CC/C=C/CC/C=C/CCCCCCCCCCCCCCCCCCCC. The Labute approximate surface area is 440 Å². The highest BCUT2D eigenvalue weighted by Crippen LogP contribution is 2.38. The molecule has 1 amide bonds. The second-order valence-electron chi connectivity index (χ2n) is 21.3. The van der Waals surface area contributed by atoms with Gasteiger partial charge in [-0.3, -0.25) is 9.36 Å². The Hall–Kier alpha value is -2.06. The Kier molecular flexibility index (Phi) is 51.3. The quantitative estimate of drug-likeness (QED) is 0.0272. The molecule has 9 heteroatoms. The van der Waals surface area contributed by atoms with Crippen LogP contribution in [-0.4, -0.2) is 68.5 Å². The Morgan fingerprint density at radius 3 is 1.24 bits per heavy atom. The molecule has 0 aromatic heterocycles. The lowest BCUT2D eigenvalue weighted by Crippen LogP contribution is -2.45. The van der Waals surface area contributed by atoms with E-state index in [1.165, 1.54) is 173 Å². The number of hydrogen-bond acceptors (Lipinski definition) is 6. The number of likely N-dealkylation sites (N-methyl/N-ethyl adjacent to an activating group) is 1. The van der Waals surface area contributed by atoms with Crippen LogP contribution in [0.15, 0.2) is 72.9 Å². The third-order valence-electron chi connectivity index (χ3n) is 13.1. The standard InChI is InChI=1S/C62H115N2O6P/c1-6-8-10-12-14-16-18-20-22-24-26-28-29-30-31-32-33-34-36-37-39-41-43-45-47-49-51-53-55-61(65)60(59-70-71(67,68)69-58-57-64(3,4)5)63-62(66)56-54-52-50-48-46-44-42-40-38-35-27-25-23-21-19-17-15-13-11-9-7-2/h19,21,25,27,37-40,45,47,53,55,60-61,65H,6-18,20,22-24,26,28-36,41-44,46,48-52,54,56-59H2,1-5H3,(H-,63,66,67,68)/b21-19-,27-25-,39-37+,40-38-,47-45+,55-53+. The molecule has 0 aliphatic carbocycles. The molecule has 0 aromatic carbocycles. The average molecular weight is 1020 g/mol. The van der Waals surface area contributed by atoms with Gasteiger partial charge in [-0.1, -0.05) is 247 Å². The van der Waals surface area contributed by atoms with Gasteiger partial charge in [0.25, 0.3) is 7.82 Å². The maximum atomic E-state index is 13.0. The van der Waals surface area contributed by atoms with Gasteiger partial charge in [0.15, 0.2) is 0 Å². The summed E-state index contributed by atoms with van der Waals surface area (Å²) in [6, 6.07) is -0.922. The molecule has 0 aliphatic heterocycles. The number of quaternary nitrogens is 1. The number of phosphoric ester groups is 1. The third kappa shape index (κ3) is 55.5. The monoisotopic (exact) mass is 1010 g/mol. The first-order chi connectivity index (χ1) is 34.5. The lowest BCUT2D eigenvalue weighted by Gasteiger charge is -2.29. The molecular weight excluding hydrogens is 900 g/mol. The molecule has 0 rings (SSSR count). The third-order valence-corrected chi connectivity index (χ3v) is 14.1. The molecule has 0 saturated carbocycles. The highest BCUT2D eigenvalue weighted by molar-refractivity contribution is 7.45. The number of aliphatic hydroxyl groups is 1. The van der Waals surface area contributed by atoms with Crippen molar-refractivity contribution in [2.45, 2.75) is 276 Å². The van der Waals surface area contributed by atoms with Gasteiger partial charge < -0.3 is 28.8 Å². The van der Waals surface area contributed by atoms with Crippen molar-refractivity contribution < 1.29 is 32.9 Å². The van der Waals surface area contributed by atoms with E-state index in [4.69, 9.17) is 9.05 Å². The fourth-order valence-electron chi connectivity index (χ4n) is 8.43. The van der Waals surface area contributed by atoms with Crippen LogP contribution in [0.3, 0.4) is 0 Å². The smallest absolute Gasteiger partial charge is 0.268 e. The number of hydrogen-bond donors (Lipinski definition) is 2. The summed E-state index contributed by atoms with van der Waals surface area (Å²) in [7, 11) is 1.22. The fourth-order valence-corrected chi connectivity index (χ4v) is 9.15. The van der Waals surface area contributed by atoms with Crippen molar-refractivity contribution in [2.75, 3.05) is 40.9 Å². The van der Waals surface area contributed by atoms with Gasteiger partial charge in [-0.15, -0.1) is 0 Å². The highest BCUT2D eigenvalue weighted by Gasteiger charge is 2.23. The molecule has 0 saturated heterocycles. The molecule has 2 N–H and O–H groups in total. The zero-order chi connectivity index (χ0) is 52.0. The fraction of sp³-hybridized carbons (Fsp3) is 0.790. The number of nitrogens with one attached hydrogen (secondary N) is 1. The number of rotatable bonds is 54. The van der Waals surface area contributed by atoms with Gasteiger partial charge in [0.2, 0.25) is 5.91 Å². The van der Waals surface area contributed by atoms with Gasteiger partial charge in [-0.05, 0) is 83.5 Å². The minimum absolute atomic E-state index is 0.0147. The summed E-state index contributed by atoms with van der Waals surface area (Å²) >= 11 is 0. The average Bonchev–Trinajstić information content (AvgIpc) is 3.33. The second kappa shape index (κ2) is 52.8. The highest BCUT2D eigenvalue weighted by atomic mass is 31.2. The molecule has 71 heavy (non-hydrogen) atoms. The number of carbonyl (C=O) groups excluding carboxylic acids is 1. The zero-order valence-electron chi connectivity index (χ0n) is 47.2. The minimum atomic E-state index is -4.62. The number of unbranched alkanes of at least 4 members (excludes halogenated alkanes) is 31. The van der Waals surface area contributed by atoms with E-state index in [2.05, 4.69) is 79.9 Å². The molecule has 0 aliphatic rings. The van der Waals surface area contributed by atoms with E-state index in [9.17, 15) is 19.4 Å². The molecule has 8 nitrogen and oxygen atoms in total. The van der Waals surface area contributed by atoms with Crippen LogP contribution in [0.4, 0.5) is 0 Å². The Morgan fingerprint density at radius 1 is 0.493 bits per heavy atom. The number of aliphatic hydroxyl groups excluding tert-OH is 1. The van der Waals surface area contributed by atoms with Crippen LogP contribution in [0.2, 0.25) is 0 Å². The maximum absolute atomic E-state index is 13.0. The molecule has 0 spiro atoms.